The summed E-state index contributed by atoms with van der Waals surface area (Å²) in [6, 6.07) is 0. The van der Waals surface area contributed by atoms with E-state index < -0.39 is 6.10 Å². The minimum Gasteiger partial charge on any atom is -0.462 e. The summed E-state index contributed by atoms with van der Waals surface area (Å²) >= 11 is 0. The lowest BCUT2D eigenvalue weighted by Gasteiger charge is -2.15. The molecule has 0 aliphatic heterocycles. The highest BCUT2D eigenvalue weighted by Gasteiger charge is 2.16. The summed E-state index contributed by atoms with van der Waals surface area (Å²) in [6.45, 7) is 3.89. The number of aliphatic hydroxyl groups excluding tert-OH is 1. The molecule has 0 bridgehead atoms. The minimum absolute atomic E-state index is 0.0885. The van der Waals surface area contributed by atoms with Gasteiger partial charge in [-0.2, -0.15) is 0 Å². The van der Waals surface area contributed by atoms with Crippen LogP contribution in [0.2, 0.25) is 0 Å². The second-order valence-corrected chi connectivity index (χ2v) is 19.0. The average Bonchev–Trinajstić information content (AvgIpc) is 3.34. The lowest BCUT2D eigenvalue weighted by Crippen LogP contribution is -2.28. The maximum Gasteiger partial charge on any atom is 0.306 e. The molecule has 0 aliphatic rings. The van der Waals surface area contributed by atoms with Gasteiger partial charge in [0.2, 0.25) is 0 Å². The van der Waals surface area contributed by atoms with Crippen molar-refractivity contribution < 1.29 is 24.2 Å². The van der Waals surface area contributed by atoms with E-state index in [2.05, 4.69) is 111 Å². The Kier molecular flexibility index (Phi) is 55.4. The first-order valence-corrected chi connectivity index (χ1v) is 28.8. The number of ether oxygens (including phenoxy) is 2. The molecule has 5 nitrogen and oxygen atoms in total. The van der Waals surface area contributed by atoms with Crippen LogP contribution in [0.1, 0.15) is 271 Å². The van der Waals surface area contributed by atoms with Gasteiger partial charge < -0.3 is 14.6 Å². The quantitative estimate of drug-likeness (QED) is 0.0374. The van der Waals surface area contributed by atoms with Gasteiger partial charge in [0.25, 0.3) is 0 Å². The molecule has 0 aromatic rings. The van der Waals surface area contributed by atoms with Crippen molar-refractivity contribution in [3.8, 4) is 0 Å². The summed E-state index contributed by atoms with van der Waals surface area (Å²) in [6.07, 6.45) is 82.7. The normalized spacial score (nSPS) is 12.9. The van der Waals surface area contributed by atoms with Gasteiger partial charge in [0.15, 0.2) is 6.10 Å². The second-order valence-electron chi connectivity index (χ2n) is 19.0. The number of allylic oxidation sites excluding steroid dienone is 16. The second kappa shape index (κ2) is 58.1. The van der Waals surface area contributed by atoms with Crippen LogP contribution in [-0.4, -0.2) is 36.4 Å². The largest absolute Gasteiger partial charge is 0.462 e. The minimum atomic E-state index is -0.791. The summed E-state index contributed by atoms with van der Waals surface area (Å²) in [7, 11) is 0. The zero-order valence-electron chi connectivity index (χ0n) is 44.6. The number of hydrogen-bond donors (Lipinski definition) is 1. The van der Waals surface area contributed by atoms with Gasteiger partial charge in [-0.25, -0.2) is 0 Å². The van der Waals surface area contributed by atoms with Gasteiger partial charge in [-0.1, -0.05) is 265 Å². The average molecular weight is 946 g/mol. The van der Waals surface area contributed by atoms with Crippen molar-refractivity contribution in [3.63, 3.8) is 0 Å². The van der Waals surface area contributed by atoms with Crippen LogP contribution in [0.3, 0.4) is 0 Å². The van der Waals surface area contributed by atoms with Crippen LogP contribution in [0, 0.1) is 0 Å². The van der Waals surface area contributed by atoms with E-state index >= 15 is 0 Å². The van der Waals surface area contributed by atoms with Crippen LogP contribution in [0.5, 0.6) is 0 Å². The third kappa shape index (κ3) is 55.4. The molecule has 0 aromatic heterocycles. The first kappa shape index (κ1) is 64.8. The van der Waals surface area contributed by atoms with Crippen LogP contribution >= 0.6 is 0 Å². The van der Waals surface area contributed by atoms with Crippen molar-refractivity contribution in [3.05, 3.63) is 97.2 Å². The molecule has 0 heterocycles. The van der Waals surface area contributed by atoms with Crippen molar-refractivity contribution in [2.75, 3.05) is 13.2 Å². The maximum atomic E-state index is 12.3. The molecular weight excluding hydrogens is 837 g/mol. The molecule has 68 heavy (non-hydrogen) atoms. The van der Waals surface area contributed by atoms with E-state index in [9.17, 15) is 14.7 Å². The van der Waals surface area contributed by atoms with E-state index in [-0.39, 0.29) is 25.2 Å². The van der Waals surface area contributed by atoms with Gasteiger partial charge in [-0.3, -0.25) is 9.59 Å². The molecule has 0 fully saturated rings. The molecule has 0 amide bonds. The van der Waals surface area contributed by atoms with Crippen molar-refractivity contribution >= 4 is 11.9 Å². The van der Waals surface area contributed by atoms with Crippen molar-refractivity contribution in [2.24, 2.45) is 0 Å². The van der Waals surface area contributed by atoms with Gasteiger partial charge in [0.1, 0.15) is 6.61 Å². The number of aliphatic hydroxyl groups is 1. The third-order valence-electron chi connectivity index (χ3n) is 12.4. The monoisotopic (exact) mass is 945 g/mol. The molecule has 0 saturated heterocycles. The van der Waals surface area contributed by atoms with Gasteiger partial charge in [-0.15, -0.1) is 0 Å². The first-order chi connectivity index (χ1) is 33.6. The van der Waals surface area contributed by atoms with E-state index in [1.165, 1.54) is 154 Å². The number of unbranched alkanes of at least 4 members (excludes halogenated alkanes) is 28. The number of esters is 2. The van der Waals surface area contributed by atoms with Crippen LogP contribution < -0.4 is 0 Å². The van der Waals surface area contributed by atoms with Crippen molar-refractivity contribution in [1.82, 2.24) is 0 Å². The SMILES string of the molecule is CC/C=C\C/C=C\C/C=C\C/C=C\CCCCCCCCCCCCCCCCCCCCCCCCCCCCC(=O)OC(CO)COC(=O)CCCC/C=C\C/C=C\C/C=C\C/C=C\CC. The van der Waals surface area contributed by atoms with E-state index in [1.807, 2.05) is 0 Å². The summed E-state index contributed by atoms with van der Waals surface area (Å²) in [5, 5.41) is 9.62. The zero-order chi connectivity index (χ0) is 49.2. The van der Waals surface area contributed by atoms with Crippen LogP contribution in [-0.2, 0) is 19.1 Å². The maximum absolute atomic E-state index is 12.3. The molecule has 0 rings (SSSR count). The zero-order valence-corrected chi connectivity index (χ0v) is 44.6. The Labute approximate surface area is 421 Å². The molecule has 1 N–H and O–H groups in total. The Bertz CT molecular complexity index is 1300. The van der Waals surface area contributed by atoms with Crippen LogP contribution in [0.15, 0.2) is 97.2 Å². The summed E-state index contributed by atoms with van der Waals surface area (Å²) in [5.74, 6) is -0.634. The Hall–Kier alpha value is -3.18. The number of rotatable bonds is 52. The Balaban J connectivity index is 3.42. The Morgan fingerprint density at radius 2 is 0.588 bits per heavy atom. The lowest BCUT2D eigenvalue weighted by atomic mass is 10.0. The molecule has 1 unspecified atom stereocenters. The van der Waals surface area contributed by atoms with Gasteiger partial charge >= 0.3 is 11.9 Å². The molecule has 390 valence electrons. The highest BCUT2D eigenvalue weighted by atomic mass is 16.6. The highest BCUT2D eigenvalue weighted by Crippen LogP contribution is 2.17. The standard InChI is InChI=1S/C63H108O5/c1-3-5-7-9-11-13-15-17-19-20-21-22-23-24-25-26-27-28-29-30-31-32-33-34-35-36-37-38-39-40-41-42-44-46-48-50-52-54-56-58-63(66)68-61(59-64)60-67-62(65)57-55-53-51-49-47-45-43-18-16-14-12-10-8-6-4-2/h5-8,11-14,17-19,21-22,43,47,49,61,64H,3-4,9-10,15-16,20,23-42,44-46,48,50-60H2,1-2H3/b7-5-,8-6-,13-11-,14-12-,19-17-,22-21-,43-18-,49-47-. The molecule has 1 atom stereocenters. The molecule has 0 spiro atoms. The topological polar surface area (TPSA) is 72.8 Å². The first-order valence-electron chi connectivity index (χ1n) is 28.8. The lowest BCUT2D eigenvalue weighted by molar-refractivity contribution is -0.161. The smallest absolute Gasteiger partial charge is 0.306 e. The van der Waals surface area contributed by atoms with E-state index in [1.54, 1.807) is 0 Å². The van der Waals surface area contributed by atoms with Gasteiger partial charge in [-0.05, 0) is 89.9 Å². The number of carbonyl (C=O) groups excluding carboxylic acids is 2. The molecule has 0 aliphatic carbocycles. The van der Waals surface area contributed by atoms with E-state index in [0.29, 0.717) is 12.8 Å². The molecular formula is C63H108O5. The fourth-order valence-electron chi connectivity index (χ4n) is 8.13. The van der Waals surface area contributed by atoms with E-state index in [4.69, 9.17) is 9.47 Å². The summed E-state index contributed by atoms with van der Waals surface area (Å²) in [4.78, 5) is 24.4. The predicted octanol–water partition coefficient (Wildman–Crippen LogP) is 19.5. The Morgan fingerprint density at radius 1 is 0.338 bits per heavy atom. The molecule has 0 aromatic carbocycles. The van der Waals surface area contributed by atoms with Gasteiger partial charge in [0.05, 0.1) is 6.61 Å². The van der Waals surface area contributed by atoms with Gasteiger partial charge in [0, 0.05) is 12.8 Å². The Morgan fingerprint density at radius 3 is 0.912 bits per heavy atom. The number of carbonyl (C=O) groups is 2. The van der Waals surface area contributed by atoms with E-state index in [0.717, 1.165) is 89.9 Å². The van der Waals surface area contributed by atoms with Crippen molar-refractivity contribution in [1.29, 1.82) is 0 Å². The fraction of sp³-hybridized carbons (Fsp3) is 0.714. The number of hydrogen-bond acceptors (Lipinski definition) is 5. The highest BCUT2D eigenvalue weighted by molar-refractivity contribution is 5.70. The van der Waals surface area contributed by atoms with Crippen molar-refractivity contribution in [2.45, 2.75) is 277 Å². The molecule has 0 radical (unpaired) electrons. The summed E-state index contributed by atoms with van der Waals surface area (Å²) in [5.41, 5.74) is 0. The van der Waals surface area contributed by atoms with Crippen LogP contribution in [0.4, 0.5) is 0 Å². The van der Waals surface area contributed by atoms with Crippen LogP contribution in [0.25, 0.3) is 0 Å². The molecule has 0 saturated carbocycles. The molecule has 5 heteroatoms. The predicted molar refractivity (Wildman–Crippen MR) is 297 cm³/mol. The fourth-order valence-corrected chi connectivity index (χ4v) is 8.13. The summed E-state index contributed by atoms with van der Waals surface area (Å²) < 4.78 is 10.6. The third-order valence-corrected chi connectivity index (χ3v) is 12.4.